The van der Waals surface area contributed by atoms with E-state index in [1.54, 1.807) is 35.0 Å². The highest BCUT2D eigenvalue weighted by atomic mass is 32.2. The zero-order valence-corrected chi connectivity index (χ0v) is 10.1. The fourth-order valence-corrected chi connectivity index (χ4v) is 2.11. The van der Waals surface area contributed by atoms with Crippen LogP contribution in [-0.4, -0.2) is 24.4 Å². The van der Waals surface area contributed by atoms with Crippen molar-refractivity contribution < 1.29 is 13.6 Å². The minimum Gasteiger partial charge on any atom is -0.411 e. The van der Waals surface area contributed by atoms with Gasteiger partial charge >= 0.3 is 0 Å². The molecule has 0 aliphatic heterocycles. The van der Waals surface area contributed by atoms with E-state index in [-0.39, 0.29) is 4.90 Å². The van der Waals surface area contributed by atoms with Crippen molar-refractivity contribution in [3.8, 4) is 5.69 Å². The normalized spacial score (nSPS) is 12.1. The summed E-state index contributed by atoms with van der Waals surface area (Å²) in [7, 11) is -3.68. The summed E-state index contributed by atoms with van der Waals surface area (Å²) >= 11 is 0. The highest BCUT2D eigenvalue weighted by molar-refractivity contribution is 7.89. The van der Waals surface area contributed by atoms with Gasteiger partial charge in [0.2, 0.25) is 10.0 Å². The first-order valence-corrected chi connectivity index (χ1v) is 6.55. The van der Waals surface area contributed by atoms with Gasteiger partial charge in [0.1, 0.15) is 0 Å². The van der Waals surface area contributed by atoms with Crippen molar-refractivity contribution >= 4 is 16.2 Å². The number of hydrogen-bond acceptors (Lipinski definition) is 4. The van der Waals surface area contributed by atoms with Crippen LogP contribution in [-0.2, 0) is 10.0 Å². The lowest BCUT2D eigenvalue weighted by molar-refractivity contribution is 0.321. The fourth-order valence-electron chi connectivity index (χ4n) is 1.59. The molecule has 18 heavy (non-hydrogen) atoms. The highest BCUT2D eigenvalue weighted by Crippen LogP contribution is 2.14. The van der Waals surface area contributed by atoms with Crippen LogP contribution in [0, 0.1) is 0 Å². The maximum Gasteiger partial charge on any atom is 0.238 e. The van der Waals surface area contributed by atoms with E-state index in [1.807, 2.05) is 0 Å². The number of oxime groups is 1. The molecular weight excluding hydrogens is 254 g/mol. The SMILES string of the molecule is NS(=O)(=O)c1ccc(-n2cccc2C=NO)cc1. The summed E-state index contributed by atoms with van der Waals surface area (Å²) < 4.78 is 24.0. The van der Waals surface area contributed by atoms with Crippen LogP contribution in [0.25, 0.3) is 5.69 Å². The molecule has 0 saturated carbocycles. The lowest BCUT2D eigenvalue weighted by Gasteiger charge is -2.06. The van der Waals surface area contributed by atoms with Gasteiger partial charge in [-0.25, -0.2) is 13.6 Å². The van der Waals surface area contributed by atoms with Crippen molar-refractivity contribution in [2.45, 2.75) is 4.90 Å². The topological polar surface area (TPSA) is 97.7 Å². The zero-order valence-electron chi connectivity index (χ0n) is 9.26. The summed E-state index contributed by atoms with van der Waals surface area (Å²) in [6.45, 7) is 0. The first-order valence-electron chi connectivity index (χ1n) is 5.00. The Morgan fingerprint density at radius 2 is 1.89 bits per heavy atom. The van der Waals surface area contributed by atoms with E-state index in [9.17, 15) is 8.42 Å². The van der Waals surface area contributed by atoms with E-state index >= 15 is 0 Å². The predicted molar refractivity (Wildman–Crippen MR) is 66.5 cm³/mol. The van der Waals surface area contributed by atoms with Crippen molar-refractivity contribution in [3.05, 3.63) is 48.3 Å². The molecule has 0 bridgehead atoms. The minimum absolute atomic E-state index is 0.0516. The van der Waals surface area contributed by atoms with Crippen molar-refractivity contribution in [3.63, 3.8) is 0 Å². The summed E-state index contributed by atoms with van der Waals surface area (Å²) in [4.78, 5) is 0.0516. The van der Waals surface area contributed by atoms with E-state index in [0.717, 1.165) is 5.69 Å². The van der Waals surface area contributed by atoms with Gasteiger partial charge in [0.25, 0.3) is 0 Å². The molecule has 0 saturated heterocycles. The second-order valence-corrected chi connectivity index (χ2v) is 5.15. The Bertz CT molecular complexity index is 672. The Morgan fingerprint density at radius 1 is 1.22 bits per heavy atom. The van der Waals surface area contributed by atoms with Gasteiger partial charge in [-0.1, -0.05) is 5.16 Å². The van der Waals surface area contributed by atoms with Gasteiger partial charge in [-0.2, -0.15) is 0 Å². The number of benzene rings is 1. The van der Waals surface area contributed by atoms with E-state index in [2.05, 4.69) is 5.16 Å². The van der Waals surface area contributed by atoms with Crippen molar-refractivity contribution in [1.29, 1.82) is 0 Å². The Balaban J connectivity index is 2.44. The van der Waals surface area contributed by atoms with Crippen LogP contribution < -0.4 is 5.14 Å². The van der Waals surface area contributed by atoms with E-state index in [1.165, 1.54) is 18.3 Å². The zero-order chi connectivity index (χ0) is 13.2. The van der Waals surface area contributed by atoms with Crippen LogP contribution in [0.4, 0.5) is 0 Å². The van der Waals surface area contributed by atoms with Crippen LogP contribution in [0.5, 0.6) is 0 Å². The molecule has 0 amide bonds. The summed E-state index contributed by atoms with van der Waals surface area (Å²) in [5.41, 5.74) is 1.41. The molecular formula is C11H11N3O3S. The first-order chi connectivity index (χ1) is 8.52. The van der Waals surface area contributed by atoms with Gasteiger partial charge in [-0.15, -0.1) is 0 Å². The summed E-state index contributed by atoms with van der Waals surface area (Å²) in [6, 6.07) is 9.62. The largest absolute Gasteiger partial charge is 0.411 e. The molecule has 3 N–H and O–H groups in total. The van der Waals surface area contributed by atoms with Gasteiger partial charge in [0.05, 0.1) is 16.8 Å². The summed E-state index contributed by atoms with van der Waals surface area (Å²) in [5, 5.41) is 16.5. The van der Waals surface area contributed by atoms with Gasteiger partial charge in [-0.05, 0) is 36.4 Å². The summed E-state index contributed by atoms with van der Waals surface area (Å²) in [5.74, 6) is 0. The number of nitrogens with two attached hydrogens (primary N) is 1. The fraction of sp³-hybridized carbons (Fsp3) is 0. The van der Waals surface area contributed by atoms with E-state index in [0.29, 0.717) is 5.69 Å². The van der Waals surface area contributed by atoms with E-state index < -0.39 is 10.0 Å². The van der Waals surface area contributed by atoms with Gasteiger partial charge in [-0.3, -0.25) is 0 Å². The molecule has 0 atom stereocenters. The third-order valence-corrected chi connectivity index (χ3v) is 3.34. The second-order valence-electron chi connectivity index (χ2n) is 3.59. The summed E-state index contributed by atoms with van der Waals surface area (Å²) in [6.07, 6.45) is 3.05. The van der Waals surface area contributed by atoms with Crippen molar-refractivity contribution in [2.24, 2.45) is 10.3 Å². The van der Waals surface area contributed by atoms with Crippen LogP contribution in [0.15, 0.2) is 52.6 Å². The van der Waals surface area contributed by atoms with E-state index in [4.69, 9.17) is 10.3 Å². The lowest BCUT2D eigenvalue weighted by atomic mass is 10.3. The number of rotatable bonds is 3. The third kappa shape index (κ3) is 2.41. The Hall–Kier alpha value is -2.12. The standard InChI is InChI=1S/C11H11N3O3S/c12-18(16,17)11-5-3-9(4-6-11)14-7-1-2-10(14)8-13-15/h1-8,15H,(H2,12,16,17). The lowest BCUT2D eigenvalue weighted by Crippen LogP contribution is -2.12. The molecule has 0 fully saturated rings. The Morgan fingerprint density at radius 3 is 2.44 bits per heavy atom. The molecule has 6 nitrogen and oxygen atoms in total. The van der Waals surface area contributed by atoms with Crippen LogP contribution in [0.3, 0.4) is 0 Å². The quantitative estimate of drug-likeness (QED) is 0.490. The monoisotopic (exact) mass is 265 g/mol. The Labute approximate surface area is 104 Å². The first kappa shape index (κ1) is 12.3. The molecule has 0 spiro atoms. The molecule has 2 rings (SSSR count). The number of primary sulfonamides is 1. The number of hydrogen-bond donors (Lipinski definition) is 2. The smallest absolute Gasteiger partial charge is 0.238 e. The molecule has 94 valence electrons. The molecule has 1 heterocycles. The van der Waals surface area contributed by atoms with Gasteiger partial charge < -0.3 is 9.77 Å². The molecule has 0 radical (unpaired) electrons. The average molecular weight is 265 g/mol. The number of aromatic nitrogens is 1. The molecule has 1 aromatic carbocycles. The molecule has 1 aromatic heterocycles. The molecule has 0 aliphatic carbocycles. The molecule has 0 unspecified atom stereocenters. The van der Waals surface area contributed by atoms with Crippen molar-refractivity contribution in [2.75, 3.05) is 0 Å². The third-order valence-electron chi connectivity index (χ3n) is 2.41. The second kappa shape index (κ2) is 4.63. The van der Waals surface area contributed by atoms with Gasteiger partial charge in [0, 0.05) is 11.9 Å². The molecule has 0 aliphatic rings. The maximum absolute atomic E-state index is 11.1. The number of nitrogens with zero attached hydrogens (tertiary/aromatic N) is 2. The van der Waals surface area contributed by atoms with Crippen LogP contribution in [0.1, 0.15) is 5.69 Å². The molecule has 7 heteroatoms. The highest BCUT2D eigenvalue weighted by Gasteiger charge is 2.08. The maximum atomic E-state index is 11.1. The minimum atomic E-state index is -3.68. The van der Waals surface area contributed by atoms with Crippen molar-refractivity contribution in [1.82, 2.24) is 4.57 Å². The van der Waals surface area contributed by atoms with Gasteiger partial charge in [0.15, 0.2) is 0 Å². The van der Waals surface area contributed by atoms with Crippen LogP contribution in [0.2, 0.25) is 0 Å². The average Bonchev–Trinajstić information content (AvgIpc) is 2.77. The Kier molecular flexibility index (Phi) is 3.17. The van der Waals surface area contributed by atoms with Crippen LogP contribution >= 0.6 is 0 Å². The number of sulfonamides is 1. The predicted octanol–water partition coefficient (Wildman–Crippen LogP) is 0.933. The molecule has 2 aromatic rings.